The molecule has 0 radical (unpaired) electrons. The molecule has 0 aromatic carbocycles. The van der Waals surface area contributed by atoms with Crippen LogP contribution < -0.4 is 5.32 Å². The third-order valence-electron chi connectivity index (χ3n) is 3.81. The van der Waals surface area contributed by atoms with E-state index < -0.39 is 5.60 Å². The molecule has 4 nitrogen and oxygen atoms in total. The van der Waals surface area contributed by atoms with Crippen molar-refractivity contribution in [3.63, 3.8) is 0 Å². The molecule has 1 aromatic heterocycles. The molecule has 1 atom stereocenters. The molecule has 0 fully saturated rings. The largest absolute Gasteiger partial charge is 0.390 e. The molecule has 1 unspecified atom stereocenters. The normalized spacial score (nSPS) is 14.7. The van der Waals surface area contributed by atoms with Crippen molar-refractivity contribution >= 4 is 0 Å². The summed E-state index contributed by atoms with van der Waals surface area (Å²) < 4.78 is 2.04. The Kier molecular flexibility index (Phi) is 7.24. The molecule has 0 saturated carbocycles. The van der Waals surface area contributed by atoms with Crippen molar-refractivity contribution < 1.29 is 5.11 Å². The molecule has 1 aromatic rings. The zero-order valence-electron chi connectivity index (χ0n) is 13.5. The Hall–Kier alpha value is -0.870. The van der Waals surface area contributed by atoms with Gasteiger partial charge in [0.25, 0.3) is 0 Å². The van der Waals surface area contributed by atoms with E-state index in [4.69, 9.17) is 0 Å². The summed E-state index contributed by atoms with van der Waals surface area (Å²) in [6, 6.07) is 2.51. The Morgan fingerprint density at radius 2 is 2.00 bits per heavy atom. The van der Waals surface area contributed by atoms with Gasteiger partial charge in [-0.05, 0) is 51.8 Å². The third kappa shape index (κ3) is 5.63. The number of aliphatic hydroxyl groups is 1. The van der Waals surface area contributed by atoms with Gasteiger partial charge in [-0.3, -0.25) is 4.68 Å². The summed E-state index contributed by atoms with van der Waals surface area (Å²) in [5.74, 6) is 0. The highest BCUT2D eigenvalue weighted by Crippen LogP contribution is 2.18. The average molecular weight is 281 g/mol. The minimum Gasteiger partial charge on any atom is -0.390 e. The van der Waals surface area contributed by atoms with Crippen LogP contribution in [0.3, 0.4) is 0 Å². The van der Waals surface area contributed by atoms with Gasteiger partial charge in [-0.1, -0.05) is 20.8 Å². The molecule has 1 rings (SSSR count). The lowest BCUT2D eigenvalue weighted by Gasteiger charge is -2.22. The van der Waals surface area contributed by atoms with Crippen LogP contribution in [0.5, 0.6) is 0 Å². The first-order valence-electron chi connectivity index (χ1n) is 7.99. The Morgan fingerprint density at radius 1 is 1.30 bits per heavy atom. The van der Waals surface area contributed by atoms with Gasteiger partial charge in [0, 0.05) is 12.6 Å². The summed E-state index contributed by atoms with van der Waals surface area (Å²) in [5, 5.41) is 18.4. The van der Waals surface area contributed by atoms with Crippen LogP contribution in [0, 0.1) is 0 Å². The standard InChI is InChI=1S/C16H31N3O/c1-5-10-17-11-9-16(4,20)13-14-8-12-19(18-14)15(6-2)7-3/h8,12,15,17,20H,5-7,9-11,13H2,1-4H3. The Balaban J connectivity index is 2.50. The maximum atomic E-state index is 10.4. The Morgan fingerprint density at radius 3 is 2.60 bits per heavy atom. The van der Waals surface area contributed by atoms with Gasteiger partial charge in [0.2, 0.25) is 0 Å². The van der Waals surface area contributed by atoms with Crippen molar-refractivity contribution in [2.75, 3.05) is 13.1 Å². The molecule has 4 heteroatoms. The van der Waals surface area contributed by atoms with Crippen molar-refractivity contribution in [2.24, 2.45) is 0 Å². The van der Waals surface area contributed by atoms with E-state index in [0.29, 0.717) is 12.5 Å². The predicted octanol–water partition coefficient (Wildman–Crippen LogP) is 2.93. The third-order valence-corrected chi connectivity index (χ3v) is 3.81. The molecule has 2 N–H and O–H groups in total. The topological polar surface area (TPSA) is 50.1 Å². The van der Waals surface area contributed by atoms with Gasteiger partial charge in [-0.15, -0.1) is 0 Å². The second-order valence-corrected chi connectivity index (χ2v) is 5.93. The van der Waals surface area contributed by atoms with Gasteiger partial charge in [0.15, 0.2) is 0 Å². The van der Waals surface area contributed by atoms with E-state index in [2.05, 4.69) is 31.2 Å². The van der Waals surface area contributed by atoms with Gasteiger partial charge in [-0.2, -0.15) is 5.10 Å². The first kappa shape index (κ1) is 17.2. The minimum absolute atomic E-state index is 0.472. The SMILES string of the molecule is CCCNCCC(C)(O)Cc1ccn(C(CC)CC)n1. The van der Waals surface area contributed by atoms with Crippen LogP contribution in [-0.4, -0.2) is 33.6 Å². The molecular formula is C16H31N3O. The fourth-order valence-corrected chi connectivity index (χ4v) is 2.48. The summed E-state index contributed by atoms with van der Waals surface area (Å²) in [7, 11) is 0. The molecule has 0 bridgehead atoms. The second kappa shape index (κ2) is 8.42. The molecule has 0 aliphatic carbocycles. The number of hydrogen-bond donors (Lipinski definition) is 2. The van der Waals surface area contributed by atoms with Gasteiger partial charge in [-0.25, -0.2) is 0 Å². The molecular weight excluding hydrogens is 250 g/mol. The molecule has 0 saturated heterocycles. The van der Waals surface area contributed by atoms with Crippen LogP contribution in [0.25, 0.3) is 0 Å². The smallest absolute Gasteiger partial charge is 0.0687 e. The van der Waals surface area contributed by atoms with E-state index in [1.807, 2.05) is 23.9 Å². The minimum atomic E-state index is -0.687. The lowest BCUT2D eigenvalue weighted by molar-refractivity contribution is 0.0504. The van der Waals surface area contributed by atoms with Crippen LogP contribution in [0.2, 0.25) is 0 Å². The number of nitrogens with one attached hydrogen (secondary N) is 1. The highest BCUT2D eigenvalue weighted by Gasteiger charge is 2.22. The number of rotatable bonds is 10. The molecule has 0 amide bonds. The van der Waals surface area contributed by atoms with E-state index in [-0.39, 0.29) is 0 Å². The first-order chi connectivity index (χ1) is 9.52. The zero-order valence-corrected chi connectivity index (χ0v) is 13.5. The summed E-state index contributed by atoms with van der Waals surface area (Å²) in [6.07, 6.45) is 6.73. The summed E-state index contributed by atoms with van der Waals surface area (Å²) >= 11 is 0. The molecule has 20 heavy (non-hydrogen) atoms. The van der Waals surface area contributed by atoms with E-state index in [9.17, 15) is 5.11 Å². The molecule has 0 spiro atoms. The van der Waals surface area contributed by atoms with Gasteiger partial charge < -0.3 is 10.4 Å². The fourth-order valence-electron chi connectivity index (χ4n) is 2.48. The van der Waals surface area contributed by atoms with Crippen LogP contribution in [0.4, 0.5) is 0 Å². The predicted molar refractivity (Wildman–Crippen MR) is 84.0 cm³/mol. The second-order valence-electron chi connectivity index (χ2n) is 5.93. The number of nitrogens with zero attached hydrogens (tertiary/aromatic N) is 2. The fraction of sp³-hybridized carbons (Fsp3) is 0.812. The van der Waals surface area contributed by atoms with Crippen LogP contribution >= 0.6 is 0 Å². The van der Waals surface area contributed by atoms with Gasteiger partial charge in [0.05, 0.1) is 17.3 Å². The first-order valence-corrected chi connectivity index (χ1v) is 7.99. The molecule has 0 aliphatic heterocycles. The van der Waals surface area contributed by atoms with Gasteiger partial charge in [0.1, 0.15) is 0 Å². The van der Waals surface area contributed by atoms with E-state index in [0.717, 1.165) is 44.5 Å². The Labute approximate surface area is 123 Å². The van der Waals surface area contributed by atoms with Crippen molar-refractivity contribution in [3.05, 3.63) is 18.0 Å². The zero-order chi connectivity index (χ0) is 15.0. The van der Waals surface area contributed by atoms with Crippen LogP contribution in [-0.2, 0) is 6.42 Å². The quantitative estimate of drug-likeness (QED) is 0.648. The van der Waals surface area contributed by atoms with Crippen LogP contribution in [0.15, 0.2) is 12.3 Å². The van der Waals surface area contributed by atoms with Gasteiger partial charge >= 0.3 is 0 Å². The lowest BCUT2D eigenvalue weighted by Crippen LogP contribution is -2.32. The monoisotopic (exact) mass is 281 g/mol. The van der Waals surface area contributed by atoms with Crippen molar-refractivity contribution in [1.82, 2.24) is 15.1 Å². The summed E-state index contributed by atoms with van der Waals surface area (Å²) in [4.78, 5) is 0. The Bertz CT molecular complexity index is 370. The molecule has 0 aliphatic rings. The highest BCUT2D eigenvalue weighted by atomic mass is 16.3. The maximum absolute atomic E-state index is 10.4. The number of aromatic nitrogens is 2. The van der Waals surface area contributed by atoms with E-state index in [1.165, 1.54) is 0 Å². The molecule has 1 heterocycles. The highest BCUT2D eigenvalue weighted by molar-refractivity contribution is 5.04. The summed E-state index contributed by atoms with van der Waals surface area (Å²) in [5.41, 5.74) is 0.297. The van der Waals surface area contributed by atoms with Crippen molar-refractivity contribution in [1.29, 1.82) is 0 Å². The van der Waals surface area contributed by atoms with Crippen LogP contribution in [0.1, 0.15) is 65.1 Å². The summed E-state index contributed by atoms with van der Waals surface area (Å²) in [6.45, 7) is 10.3. The average Bonchev–Trinajstić information content (AvgIpc) is 2.84. The van der Waals surface area contributed by atoms with E-state index in [1.54, 1.807) is 0 Å². The van der Waals surface area contributed by atoms with Crippen molar-refractivity contribution in [2.45, 2.75) is 71.4 Å². The van der Waals surface area contributed by atoms with E-state index >= 15 is 0 Å². The number of hydrogen-bond acceptors (Lipinski definition) is 3. The molecule has 116 valence electrons. The van der Waals surface area contributed by atoms with Crippen molar-refractivity contribution in [3.8, 4) is 0 Å². The lowest BCUT2D eigenvalue weighted by atomic mass is 9.96. The maximum Gasteiger partial charge on any atom is 0.0687 e.